The Morgan fingerprint density at radius 1 is 1.21 bits per heavy atom. The van der Waals surface area contributed by atoms with E-state index in [2.05, 4.69) is 25.6 Å². The van der Waals surface area contributed by atoms with Crippen LogP contribution in [0.5, 0.6) is 0 Å². The molecule has 3 aromatic rings. The monoisotopic (exact) mass is 469 g/mol. The third-order valence-electron chi connectivity index (χ3n) is 4.22. The van der Waals surface area contributed by atoms with Crippen LogP contribution in [-0.4, -0.2) is 62.3 Å². The topological polar surface area (TPSA) is 177 Å². The molecule has 11 nitrogen and oxygen atoms in total. The van der Waals surface area contributed by atoms with Gasteiger partial charge in [-0.3, -0.25) is 9.59 Å². The van der Waals surface area contributed by atoms with E-state index in [1.165, 1.54) is 18.6 Å². The molecular weight excluding hydrogens is 451 g/mol. The van der Waals surface area contributed by atoms with E-state index in [1.54, 1.807) is 25.2 Å². The number of nitrogens with zero attached hydrogens (tertiary/aromatic N) is 1. The second kappa shape index (κ2) is 10.3. The first-order valence-corrected chi connectivity index (χ1v) is 9.08. The standard InChI is InChI=1S/C17H17N5O4.C2HF3O2/c1-18-12-4-2-3-9-5-11(16(24)22-14(9)12)15(23)21-13(17(25)26)6-10-7-19-8-20-10;3-2(4,5)1(6)7/h2-5,7-8,13,18H,6H2,1H3,(H,19,20)(H,21,23)(H,22,24)(H,25,26);(H,6,7). The zero-order chi connectivity index (χ0) is 24.8. The van der Waals surface area contributed by atoms with Crippen LogP contribution >= 0.6 is 0 Å². The van der Waals surface area contributed by atoms with Crippen LogP contribution in [0.25, 0.3) is 10.9 Å². The van der Waals surface area contributed by atoms with Gasteiger partial charge in [-0.2, -0.15) is 13.2 Å². The number of fused-ring (bicyclic) bond motifs is 1. The number of rotatable bonds is 6. The molecule has 1 atom stereocenters. The van der Waals surface area contributed by atoms with E-state index >= 15 is 0 Å². The molecule has 2 heterocycles. The third-order valence-corrected chi connectivity index (χ3v) is 4.22. The third kappa shape index (κ3) is 6.56. The smallest absolute Gasteiger partial charge is 0.480 e. The van der Waals surface area contributed by atoms with Crippen molar-refractivity contribution in [1.29, 1.82) is 0 Å². The van der Waals surface area contributed by atoms with E-state index in [4.69, 9.17) is 9.90 Å². The van der Waals surface area contributed by atoms with Gasteiger partial charge in [-0.15, -0.1) is 0 Å². The fourth-order valence-electron chi connectivity index (χ4n) is 2.66. The number of hydrogen-bond donors (Lipinski definition) is 6. The van der Waals surface area contributed by atoms with Crippen LogP contribution in [0.2, 0.25) is 0 Å². The molecule has 0 aliphatic rings. The second-order valence-corrected chi connectivity index (χ2v) is 6.48. The summed E-state index contributed by atoms with van der Waals surface area (Å²) in [6, 6.07) is 5.58. The van der Waals surface area contributed by atoms with Gasteiger partial charge in [0.05, 0.1) is 17.5 Å². The molecule has 6 N–H and O–H groups in total. The first-order valence-electron chi connectivity index (χ1n) is 9.08. The van der Waals surface area contributed by atoms with E-state index in [-0.39, 0.29) is 12.0 Å². The summed E-state index contributed by atoms with van der Waals surface area (Å²) in [7, 11) is 1.72. The van der Waals surface area contributed by atoms with Gasteiger partial charge in [-0.1, -0.05) is 12.1 Å². The van der Waals surface area contributed by atoms with Gasteiger partial charge >= 0.3 is 18.1 Å². The minimum Gasteiger partial charge on any atom is -0.480 e. The van der Waals surface area contributed by atoms with E-state index in [0.717, 1.165) is 0 Å². The van der Waals surface area contributed by atoms with Crippen molar-refractivity contribution >= 4 is 34.4 Å². The van der Waals surface area contributed by atoms with Crippen LogP contribution in [0.4, 0.5) is 18.9 Å². The molecule has 0 fully saturated rings. The fraction of sp³-hybridized carbons (Fsp3) is 0.211. The number of aromatic nitrogens is 3. The van der Waals surface area contributed by atoms with Crippen LogP contribution in [0.1, 0.15) is 16.1 Å². The zero-order valence-electron chi connectivity index (χ0n) is 16.9. The maximum Gasteiger partial charge on any atom is 0.490 e. The molecule has 33 heavy (non-hydrogen) atoms. The highest BCUT2D eigenvalue weighted by molar-refractivity contribution is 6.00. The summed E-state index contributed by atoms with van der Waals surface area (Å²) in [5, 5.41) is 22.5. The van der Waals surface area contributed by atoms with E-state index in [0.29, 0.717) is 22.3 Å². The number of carbonyl (C=O) groups is 3. The number of alkyl halides is 3. The fourth-order valence-corrected chi connectivity index (χ4v) is 2.66. The van der Waals surface area contributed by atoms with Crippen LogP contribution < -0.4 is 16.2 Å². The molecule has 14 heteroatoms. The van der Waals surface area contributed by atoms with Gasteiger partial charge in [-0.25, -0.2) is 14.6 Å². The van der Waals surface area contributed by atoms with Crippen molar-refractivity contribution in [2.24, 2.45) is 0 Å². The molecular formula is C19H18F3N5O6. The predicted molar refractivity (Wildman–Crippen MR) is 109 cm³/mol. The SMILES string of the molecule is CNc1cccc2cc(C(=O)NC(Cc3cnc[nH]3)C(=O)O)c(=O)[nH]c12.O=C(O)C(F)(F)F. The maximum absolute atomic E-state index is 12.5. The first kappa shape index (κ1) is 24.9. The van der Waals surface area contributed by atoms with E-state index in [9.17, 15) is 32.7 Å². The molecule has 176 valence electrons. The second-order valence-electron chi connectivity index (χ2n) is 6.48. The number of benzene rings is 1. The minimum atomic E-state index is -5.08. The number of carboxylic acid groups (broad SMARTS) is 2. The average molecular weight is 469 g/mol. The van der Waals surface area contributed by atoms with Crippen molar-refractivity contribution < 1.29 is 37.8 Å². The Bertz CT molecular complexity index is 1210. The van der Waals surface area contributed by atoms with Gasteiger partial charge in [0, 0.05) is 30.7 Å². The number of carboxylic acids is 2. The Morgan fingerprint density at radius 3 is 2.39 bits per heavy atom. The Balaban J connectivity index is 0.000000479. The van der Waals surface area contributed by atoms with Crippen molar-refractivity contribution in [3.63, 3.8) is 0 Å². The largest absolute Gasteiger partial charge is 0.490 e. The summed E-state index contributed by atoms with van der Waals surface area (Å²) in [6.45, 7) is 0. The molecule has 0 bridgehead atoms. The number of para-hydroxylation sites is 1. The number of hydrogen-bond acceptors (Lipinski definition) is 6. The van der Waals surface area contributed by atoms with Crippen molar-refractivity contribution in [3.8, 4) is 0 Å². The zero-order valence-corrected chi connectivity index (χ0v) is 16.9. The average Bonchev–Trinajstić information content (AvgIpc) is 3.25. The lowest BCUT2D eigenvalue weighted by atomic mass is 10.1. The number of nitrogens with one attached hydrogen (secondary N) is 4. The number of anilines is 1. The first-order chi connectivity index (χ1) is 15.4. The summed E-state index contributed by atoms with van der Waals surface area (Å²) in [5.74, 6) is -4.72. The Labute approximate surface area is 182 Å². The highest BCUT2D eigenvalue weighted by Gasteiger charge is 2.38. The summed E-state index contributed by atoms with van der Waals surface area (Å²) < 4.78 is 31.7. The van der Waals surface area contributed by atoms with Gasteiger partial charge in [0.15, 0.2) is 0 Å². The Hall–Kier alpha value is -4.36. The summed E-state index contributed by atoms with van der Waals surface area (Å²) >= 11 is 0. The molecule has 2 aromatic heterocycles. The Morgan fingerprint density at radius 2 is 1.88 bits per heavy atom. The highest BCUT2D eigenvalue weighted by Crippen LogP contribution is 2.20. The summed E-state index contributed by atoms with van der Waals surface area (Å²) in [4.78, 5) is 54.4. The van der Waals surface area contributed by atoms with Gasteiger partial charge in [0.2, 0.25) is 0 Å². The normalized spacial score (nSPS) is 11.8. The van der Waals surface area contributed by atoms with Crippen LogP contribution in [-0.2, 0) is 16.0 Å². The maximum atomic E-state index is 12.5. The molecule has 0 spiro atoms. The number of imidazole rings is 1. The van der Waals surface area contributed by atoms with Crippen LogP contribution in [0.3, 0.4) is 0 Å². The number of halogens is 3. The lowest BCUT2D eigenvalue weighted by Crippen LogP contribution is -2.44. The van der Waals surface area contributed by atoms with E-state index in [1.807, 2.05) is 0 Å². The van der Waals surface area contributed by atoms with Crippen molar-refractivity contribution in [2.45, 2.75) is 18.6 Å². The number of H-pyrrole nitrogens is 2. The minimum absolute atomic E-state index is 0.0243. The number of pyridine rings is 1. The van der Waals surface area contributed by atoms with Gasteiger partial charge in [-0.05, 0) is 12.1 Å². The molecule has 1 unspecified atom stereocenters. The van der Waals surface area contributed by atoms with Gasteiger partial charge in [0.25, 0.3) is 11.5 Å². The molecule has 0 saturated carbocycles. The quantitative estimate of drug-likeness (QED) is 0.313. The number of aliphatic carboxylic acids is 2. The highest BCUT2D eigenvalue weighted by atomic mass is 19.4. The summed E-state index contributed by atoms with van der Waals surface area (Å²) in [5.41, 5.74) is 1.10. The summed E-state index contributed by atoms with van der Waals surface area (Å²) in [6.07, 6.45) is -2.16. The van der Waals surface area contributed by atoms with Gasteiger partial charge < -0.3 is 30.8 Å². The number of amides is 1. The Kier molecular flexibility index (Phi) is 7.77. The molecule has 1 amide bonds. The van der Waals surface area contributed by atoms with Crippen LogP contribution in [0, 0.1) is 0 Å². The molecule has 3 rings (SSSR count). The number of aromatic amines is 2. The van der Waals surface area contributed by atoms with E-state index < -0.39 is 35.6 Å². The molecule has 1 aromatic carbocycles. The lowest BCUT2D eigenvalue weighted by molar-refractivity contribution is -0.192. The molecule has 0 radical (unpaired) electrons. The van der Waals surface area contributed by atoms with Crippen molar-refractivity contribution in [3.05, 3.63) is 58.4 Å². The molecule has 0 saturated heterocycles. The van der Waals surface area contributed by atoms with Crippen LogP contribution in [0.15, 0.2) is 41.6 Å². The molecule has 0 aliphatic heterocycles. The van der Waals surface area contributed by atoms with Crippen molar-refractivity contribution in [1.82, 2.24) is 20.3 Å². The number of carbonyl (C=O) groups excluding carboxylic acids is 1. The lowest BCUT2D eigenvalue weighted by Gasteiger charge is -2.14. The van der Waals surface area contributed by atoms with Crippen molar-refractivity contribution in [2.75, 3.05) is 12.4 Å². The predicted octanol–water partition coefficient (Wildman–Crippen LogP) is 1.35. The molecule has 0 aliphatic carbocycles. The van der Waals surface area contributed by atoms with Gasteiger partial charge in [0.1, 0.15) is 11.6 Å².